The Kier molecular flexibility index (Phi) is 4.15. The zero-order chi connectivity index (χ0) is 13.2. The number of hydrogen-bond acceptors (Lipinski definition) is 3. The van der Waals surface area contributed by atoms with Crippen LogP contribution < -0.4 is 5.73 Å². The molecule has 1 aliphatic heterocycles. The summed E-state index contributed by atoms with van der Waals surface area (Å²) >= 11 is 8.00. The fourth-order valence-corrected chi connectivity index (χ4v) is 4.71. The largest absolute Gasteiger partial charge is 0.330 e. The van der Waals surface area contributed by atoms with Crippen LogP contribution in [0.1, 0.15) is 24.8 Å². The smallest absolute Gasteiger partial charge is 0.0727 e. The Morgan fingerprint density at radius 2 is 2.26 bits per heavy atom. The molecule has 102 valence electrons. The van der Waals surface area contributed by atoms with Crippen LogP contribution in [0.3, 0.4) is 0 Å². The highest BCUT2D eigenvalue weighted by Gasteiger charge is 2.35. The van der Waals surface area contributed by atoms with Crippen LogP contribution in [0.4, 0.5) is 0 Å². The Bertz CT molecular complexity index is 489. The van der Waals surface area contributed by atoms with Crippen LogP contribution in [0.15, 0.2) is 29.3 Å². The van der Waals surface area contributed by atoms with E-state index in [0.717, 1.165) is 18.0 Å². The van der Waals surface area contributed by atoms with Crippen LogP contribution >= 0.6 is 23.4 Å². The lowest BCUT2D eigenvalue weighted by Crippen LogP contribution is -2.31. The third kappa shape index (κ3) is 3.15. The zero-order valence-corrected chi connectivity index (χ0v) is 12.5. The van der Waals surface area contributed by atoms with E-state index >= 15 is 0 Å². The van der Waals surface area contributed by atoms with Crippen LogP contribution in [0.5, 0.6) is 0 Å². The monoisotopic (exact) mass is 294 g/mol. The fraction of sp³-hybridized carbons (Fsp3) is 0.533. The van der Waals surface area contributed by atoms with Crippen molar-refractivity contribution in [1.82, 2.24) is 0 Å². The van der Waals surface area contributed by atoms with Gasteiger partial charge in [-0.15, -0.1) is 11.8 Å². The van der Waals surface area contributed by atoms with Crippen molar-refractivity contribution in [3.8, 4) is 0 Å². The molecule has 1 heterocycles. The lowest BCUT2D eigenvalue weighted by atomic mass is 9.86. The highest BCUT2D eigenvalue weighted by atomic mass is 35.5. The van der Waals surface area contributed by atoms with Gasteiger partial charge in [-0.05, 0) is 49.4 Å². The summed E-state index contributed by atoms with van der Waals surface area (Å²) in [5.41, 5.74) is 7.06. The van der Waals surface area contributed by atoms with Gasteiger partial charge < -0.3 is 5.73 Å². The van der Waals surface area contributed by atoms with E-state index in [1.807, 2.05) is 30.0 Å². The molecule has 0 saturated heterocycles. The van der Waals surface area contributed by atoms with Gasteiger partial charge in [-0.25, -0.2) is 0 Å². The lowest BCUT2D eigenvalue weighted by molar-refractivity contribution is 0.347. The first kappa shape index (κ1) is 13.5. The van der Waals surface area contributed by atoms with E-state index in [-0.39, 0.29) is 0 Å². The molecule has 1 saturated carbocycles. The summed E-state index contributed by atoms with van der Waals surface area (Å²) < 4.78 is 0. The predicted molar refractivity (Wildman–Crippen MR) is 84.2 cm³/mol. The van der Waals surface area contributed by atoms with Crippen molar-refractivity contribution in [3.63, 3.8) is 0 Å². The van der Waals surface area contributed by atoms with Crippen molar-refractivity contribution in [1.29, 1.82) is 0 Å². The molecule has 3 atom stereocenters. The molecule has 1 fully saturated rings. The van der Waals surface area contributed by atoms with E-state index < -0.39 is 0 Å². The van der Waals surface area contributed by atoms with Crippen LogP contribution in [-0.2, 0) is 6.42 Å². The first-order chi connectivity index (χ1) is 9.24. The standard InChI is InChI=1S/C15H19ClN2S/c16-12-3-1-2-10(6-12)8-15-18-13-5-4-11(9-17)7-14(13)19-15/h1-3,6,11,13-14H,4-5,7-9,17H2. The number of thioether (sulfide) groups is 1. The predicted octanol–water partition coefficient (Wildman–Crippen LogP) is 3.52. The van der Waals surface area contributed by atoms with Crippen LogP contribution in [0.25, 0.3) is 0 Å². The van der Waals surface area contributed by atoms with Gasteiger partial charge in [0.25, 0.3) is 0 Å². The van der Waals surface area contributed by atoms with Crippen molar-refractivity contribution < 1.29 is 0 Å². The first-order valence-corrected chi connectivity index (χ1v) is 8.18. The molecular weight excluding hydrogens is 276 g/mol. The third-order valence-electron chi connectivity index (χ3n) is 4.04. The second kappa shape index (κ2) is 5.86. The number of halogens is 1. The molecule has 4 heteroatoms. The van der Waals surface area contributed by atoms with E-state index in [2.05, 4.69) is 6.07 Å². The van der Waals surface area contributed by atoms with Crippen LogP contribution in [0.2, 0.25) is 5.02 Å². The lowest BCUT2D eigenvalue weighted by Gasteiger charge is -2.28. The van der Waals surface area contributed by atoms with Crippen molar-refractivity contribution in [3.05, 3.63) is 34.9 Å². The fourth-order valence-electron chi connectivity index (χ4n) is 2.98. The van der Waals surface area contributed by atoms with Crippen molar-refractivity contribution in [2.24, 2.45) is 16.6 Å². The molecule has 2 N–H and O–H groups in total. The molecular formula is C15H19ClN2S. The Morgan fingerprint density at radius 1 is 1.37 bits per heavy atom. The average molecular weight is 295 g/mol. The molecule has 1 aromatic carbocycles. The normalized spacial score (nSPS) is 30.0. The molecule has 0 bridgehead atoms. The molecule has 2 aliphatic rings. The highest BCUT2D eigenvalue weighted by molar-refractivity contribution is 8.14. The second-order valence-corrected chi connectivity index (χ2v) is 7.22. The minimum absolute atomic E-state index is 0.530. The molecule has 3 unspecified atom stereocenters. The van der Waals surface area contributed by atoms with Gasteiger partial charge in [-0.2, -0.15) is 0 Å². The maximum absolute atomic E-state index is 6.03. The minimum Gasteiger partial charge on any atom is -0.330 e. The SMILES string of the molecule is NCC1CCC2N=C(Cc3cccc(Cl)c3)SC2C1. The second-order valence-electron chi connectivity index (χ2n) is 5.47. The Hall–Kier alpha value is -0.510. The number of benzene rings is 1. The Balaban J connectivity index is 1.65. The molecule has 3 rings (SSSR count). The number of nitrogens with two attached hydrogens (primary N) is 1. The van der Waals surface area contributed by atoms with Gasteiger partial charge in [0.05, 0.1) is 11.1 Å². The molecule has 19 heavy (non-hydrogen) atoms. The molecule has 0 spiro atoms. The van der Waals surface area contributed by atoms with Gasteiger partial charge in [-0.3, -0.25) is 4.99 Å². The number of fused-ring (bicyclic) bond motifs is 1. The molecule has 1 aromatic rings. The number of nitrogens with zero attached hydrogens (tertiary/aromatic N) is 1. The van der Waals surface area contributed by atoms with Gasteiger partial charge in [0.1, 0.15) is 0 Å². The van der Waals surface area contributed by atoms with Crippen LogP contribution in [-0.4, -0.2) is 22.9 Å². The maximum atomic E-state index is 6.03. The Labute approximate surface area is 123 Å². The van der Waals surface area contributed by atoms with Crippen LogP contribution in [0, 0.1) is 5.92 Å². The van der Waals surface area contributed by atoms with E-state index in [1.165, 1.54) is 29.9 Å². The quantitative estimate of drug-likeness (QED) is 0.926. The van der Waals surface area contributed by atoms with E-state index in [4.69, 9.17) is 22.3 Å². The molecule has 1 aliphatic carbocycles. The zero-order valence-electron chi connectivity index (χ0n) is 10.9. The summed E-state index contributed by atoms with van der Waals surface area (Å²) in [6.07, 6.45) is 4.60. The first-order valence-electron chi connectivity index (χ1n) is 6.92. The molecule has 2 nitrogen and oxygen atoms in total. The number of hydrogen-bond donors (Lipinski definition) is 1. The van der Waals surface area contributed by atoms with E-state index in [1.54, 1.807) is 0 Å². The van der Waals surface area contributed by atoms with Gasteiger partial charge >= 0.3 is 0 Å². The summed E-state index contributed by atoms with van der Waals surface area (Å²) in [6, 6.07) is 8.62. The Morgan fingerprint density at radius 3 is 3.05 bits per heavy atom. The summed E-state index contributed by atoms with van der Waals surface area (Å²) in [7, 11) is 0. The van der Waals surface area contributed by atoms with Crippen molar-refractivity contribution in [2.75, 3.05) is 6.54 Å². The summed E-state index contributed by atoms with van der Waals surface area (Å²) in [5, 5.41) is 2.74. The molecule has 0 aromatic heterocycles. The summed E-state index contributed by atoms with van der Waals surface area (Å²) in [5.74, 6) is 0.703. The van der Waals surface area contributed by atoms with E-state index in [9.17, 15) is 0 Å². The third-order valence-corrected chi connectivity index (χ3v) is 5.61. The minimum atomic E-state index is 0.530. The molecule has 0 radical (unpaired) electrons. The summed E-state index contributed by atoms with van der Waals surface area (Å²) in [6.45, 7) is 0.827. The number of rotatable bonds is 3. The van der Waals surface area contributed by atoms with E-state index in [0.29, 0.717) is 17.2 Å². The number of aliphatic imine (C=N–C) groups is 1. The highest BCUT2D eigenvalue weighted by Crippen LogP contribution is 2.40. The molecule has 0 amide bonds. The van der Waals surface area contributed by atoms with Gasteiger partial charge in [0, 0.05) is 16.7 Å². The summed E-state index contributed by atoms with van der Waals surface area (Å²) in [4.78, 5) is 4.90. The van der Waals surface area contributed by atoms with Crippen molar-refractivity contribution in [2.45, 2.75) is 37.0 Å². The van der Waals surface area contributed by atoms with Gasteiger partial charge in [0.15, 0.2) is 0 Å². The van der Waals surface area contributed by atoms with Gasteiger partial charge in [0.2, 0.25) is 0 Å². The van der Waals surface area contributed by atoms with Crippen molar-refractivity contribution >= 4 is 28.4 Å². The maximum Gasteiger partial charge on any atom is 0.0727 e. The van der Waals surface area contributed by atoms with Gasteiger partial charge in [-0.1, -0.05) is 23.7 Å². The topological polar surface area (TPSA) is 38.4 Å². The average Bonchev–Trinajstić information content (AvgIpc) is 2.79.